The highest BCUT2D eigenvalue weighted by Gasteiger charge is 2.37. The van der Waals surface area contributed by atoms with E-state index in [1.54, 1.807) is 0 Å². The number of benzene rings is 8. The van der Waals surface area contributed by atoms with Crippen molar-refractivity contribution in [3.63, 3.8) is 0 Å². The third-order valence-corrected chi connectivity index (χ3v) is 12.2. The molecule has 0 saturated carbocycles. The molecule has 0 spiro atoms. The highest BCUT2D eigenvalue weighted by molar-refractivity contribution is 6.15. The van der Waals surface area contributed by atoms with Gasteiger partial charge in [0.1, 0.15) is 0 Å². The average molecular weight is 690 g/mol. The summed E-state index contributed by atoms with van der Waals surface area (Å²) in [6, 6.07) is 65.0. The standard InChI is InChI=1S/C51H35N3/c1-51(2)43-30-49-41(37-18-8-12-22-47(37)53(49)32-14-4-3-5-15-32)28-39(43)40-29-42-38-19-9-13-23-48(38)54(50(42)31-44(40)51)34-26-24-33(25-27-34)52-45-20-10-6-16-35(45)36-17-7-11-21-46(36)52/h3-31H,1-2H3. The molecule has 0 fully saturated rings. The van der Waals surface area contributed by atoms with E-state index in [0.717, 1.165) is 11.4 Å². The number of nitrogens with zero attached hydrogens (tertiary/aromatic N) is 3. The Balaban J connectivity index is 1.07. The van der Waals surface area contributed by atoms with Gasteiger partial charge in [0.05, 0.1) is 33.1 Å². The fraction of sp³-hybridized carbons (Fsp3) is 0.0588. The zero-order valence-corrected chi connectivity index (χ0v) is 30.1. The summed E-state index contributed by atoms with van der Waals surface area (Å²) in [6.45, 7) is 4.80. The Hall–Kier alpha value is -6.84. The van der Waals surface area contributed by atoms with Gasteiger partial charge in [-0.25, -0.2) is 0 Å². The van der Waals surface area contributed by atoms with Gasteiger partial charge in [0, 0.05) is 54.8 Å². The lowest BCUT2D eigenvalue weighted by Crippen LogP contribution is -2.15. The number of hydrogen-bond acceptors (Lipinski definition) is 0. The Bertz CT molecular complexity index is 3280. The minimum Gasteiger partial charge on any atom is -0.309 e. The fourth-order valence-corrected chi connectivity index (χ4v) is 9.74. The summed E-state index contributed by atoms with van der Waals surface area (Å²) in [7, 11) is 0. The lowest BCUT2D eigenvalue weighted by molar-refractivity contribution is 0.661. The Kier molecular flexibility index (Phi) is 5.84. The van der Waals surface area contributed by atoms with Crippen LogP contribution in [0.3, 0.4) is 0 Å². The van der Waals surface area contributed by atoms with Crippen LogP contribution in [0, 0.1) is 0 Å². The Morgan fingerprint density at radius 1 is 0.296 bits per heavy atom. The van der Waals surface area contributed by atoms with Gasteiger partial charge < -0.3 is 13.7 Å². The molecule has 54 heavy (non-hydrogen) atoms. The summed E-state index contributed by atoms with van der Waals surface area (Å²) >= 11 is 0. The van der Waals surface area contributed by atoms with Crippen molar-refractivity contribution in [2.24, 2.45) is 0 Å². The third-order valence-electron chi connectivity index (χ3n) is 12.2. The molecule has 11 aromatic rings. The average Bonchev–Trinajstić information content (AvgIpc) is 3.90. The Morgan fingerprint density at radius 2 is 0.611 bits per heavy atom. The molecule has 254 valence electrons. The molecule has 0 N–H and O–H groups in total. The summed E-state index contributed by atoms with van der Waals surface area (Å²) in [4.78, 5) is 0. The van der Waals surface area contributed by atoms with Crippen LogP contribution < -0.4 is 0 Å². The lowest BCUT2D eigenvalue weighted by Gasteiger charge is -2.22. The van der Waals surface area contributed by atoms with Gasteiger partial charge in [0.15, 0.2) is 0 Å². The first kappa shape index (κ1) is 29.7. The topological polar surface area (TPSA) is 14.8 Å². The van der Waals surface area contributed by atoms with Crippen molar-refractivity contribution < 1.29 is 0 Å². The van der Waals surface area contributed by atoms with Gasteiger partial charge in [-0.3, -0.25) is 0 Å². The summed E-state index contributed by atoms with van der Waals surface area (Å²) in [5.74, 6) is 0. The van der Waals surface area contributed by atoms with E-state index in [4.69, 9.17) is 0 Å². The number of hydrogen-bond donors (Lipinski definition) is 0. The molecule has 0 aliphatic heterocycles. The third kappa shape index (κ3) is 3.85. The van der Waals surface area contributed by atoms with Crippen LogP contribution in [0.1, 0.15) is 25.0 Å². The molecule has 3 heterocycles. The van der Waals surface area contributed by atoms with Crippen molar-refractivity contribution in [1.82, 2.24) is 13.7 Å². The molecule has 3 nitrogen and oxygen atoms in total. The van der Waals surface area contributed by atoms with Crippen molar-refractivity contribution in [1.29, 1.82) is 0 Å². The molecule has 1 aliphatic rings. The van der Waals surface area contributed by atoms with Gasteiger partial charge in [0.2, 0.25) is 0 Å². The van der Waals surface area contributed by atoms with Crippen molar-refractivity contribution in [3.8, 4) is 28.2 Å². The quantitative estimate of drug-likeness (QED) is 0.175. The highest BCUT2D eigenvalue weighted by Crippen LogP contribution is 2.53. The van der Waals surface area contributed by atoms with Crippen LogP contribution in [0.15, 0.2) is 176 Å². The van der Waals surface area contributed by atoms with Gasteiger partial charge in [-0.15, -0.1) is 0 Å². The molecule has 0 unspecified atom stereocenters. The molecular weight excluding hydrogens is 655 g/mol. The summed E-state index contributed by atoms with van der Waals surface area (Å²) in [5, 5.41) is 7.69. The first-order chi connectivity index (χ1) is 26.6. The molecule has 0 radical (unpaired) electrons. The molecular formula is C51H35N3. The largest absolute Gasteiger partial charge is 0.309 e. The molecule has 12 rings (SSSR count). The minimum atomic E-state index is -0.188. The lowest BCUT2D eigenvalue weighted by atomic mass is 9.82. The number of fused-ring (bicyclic) bond motifs is 12. The zero-order chi connectivity index (χ0) is 35.7. The predicted molar refractivity (Wildman–Crippen MR) is 227 cm³/mol. The van der Waals surface area contributed by atoms with Crippen LogP contribution in [0.25, 0.3) is 93.6 Å². The Labute approximate surface area is 312 Å². The highest BCUT2D eigenvalue weighted by atomic mass is 15.0. The van der Waals surface area contributed by atoms with Gasteiger partial charge in [-0.05, 0) is 107 Å². The zero-order valence-electron chi connectivity index (χ0n) is 30.1. The van der Waals surface area contributed by atoms with E-state index >= 15 is 0 Å². The van der Waals surface area contributed by atoms with Crippen LogP contribution in [-0.2, 0) is 5.41 Å². The molecule has 0 saturated heterocycles. The SMILES string of the molecule is CC1(C)c2cc3c(cc2-c2cc4c5ccccc5n(-c5ccc(-n6c7ccccc7c7ccccc76)cc5)c4cc21)c1ccccc1n3-c1ccccc1. The molecule has 0 atom stereocenters. The molecule has 1 aliphatic carbocycles. The van der Waals surface area contributed by atoms with E-state index in [1.165, 1.54) is 93.4 Å². The van der Waals surface area contributed by atoms with Crippen LogP contribution in [0.5, 0.6) is 0 Å². The van der Waals surface area contributed by atoms with Gasteiger partial charge in [0.25, 0.3) is 0 Å². The van der Waals surface area contributed by atoms with Crippen LogP contribution in [0.2, 0.25) is 0 Å². The number of rotatable bonds is 3. The number of aromatic nitrogens is 3. The molecule has 0 bridgehead atoms. The smallest absolute Gasteiger partial charge is 0.0544 e. The summed E-state index contributed by atoms with van der Waals surface area (Å²) in [5.41, 5.74) is 16.2. The predicted octanol–water partition coefficient (Wildman–Crippen LogP) is 13.3. The van der Waals surface area contributed by atoms with Crippen molar-refractivity contribution >= 4 is 65.4 Å². The number of para-hydroxylation sites is 5. The van der Waals surface area contributed by atoms with Crippen molar-refractivity contribution in [2.45, 2.75) is 19.3 Å². The first-order valence-corrected chi connectivity index (χ1v) is 18.9. The molecule has 8 aromatic carbocycles. The minimum absolute atomic E-state index is 0.188. The maximum absolute atomic E-state index is 2.49. The maximum Gasteiger partial charge on any atom is 0.0544 e. The van der Waals surface area contributed by atoms with Crippen molar-refractivity contribution in [3.05, 3.63) is 187 Å². The van der Waals surface area contributed by atoms with Gasteiger partial charge in [-0.1, -0.05) is 105 Å². The van der Waals surface area contributed by atoms with Gasteiger partial charge >= 0.3 is 0 Å². The summed E-state index contributed by atoms with van der Waals surface area (Å²) < 4.78 is 7.29. The maximum atomic E-state index is 2.49. The second-order valence-corrected chi connectivity index (χ2v) is 15.4. The molecule has 3 heteroatoms. The summed E-state index contributed by atoms with van der Waals surface area (Å²) in [6.07, 6.45) is 0. The first-order valence-electron chi connectivity index (χ1n) is 18.9. The van der Waals surface area contributed by atoms with E-state index in [2.05, 4.69) is 203 Å². The van der Waals surface area contributed by atoms with E-state index in [0.29, 0.717) is 0 Å². The van der Waals surface area contributed by atoms with E-state index in [1.807, 2.05) is 0 Å². The molecule has 0 amide bonds. The fourth-order valence-electron chi connectivity index (χ4n) is 9.74. The molecule has 3 aromatic heterocycles. The second kappa shape index (κ2) is 10.6. The van der Waals surface area contributed by atoms with E-state index < -0.39 is 0 Å². The second-order valence-electron chi connectivity index (χ2n) is 15.4. The van der Waals surface area contributed by atoms with E-state index in [-0.39, 0.29) is 5.41 Å². The Morgan fingerprint density at radius 3 is 1.02 bits per heavy atom. The van der Waals surface area contributed by atoms with Crippen molar-refractivity contribution in [2.75, 3.05) is 0 Å². The monoisotopic (exact) mass is 689 g/mol. The van der Waals surface area contributed by atoms with Crippen LogP contribution in [-0.4, -0.2) is 13.7 Å². The van der Waals surface area contributed by atoms with Crippen LogP contribution in [0.4, 0.5) is 0 Å². The van der Waals surface area contributed by atoms with Crippen LogP contribution >= 0.6 is 0 Å². The van der Waals surface area contributed by atoms with Gasteiger partial charge in [-0.2, -0.15) is 0 Å². The normalized spacial score (nSPS) is 13.5. The van der Waals surface area contributed by atoms with E-state index in [9.17, 15) is 0 Å².